The third-order valence-electron chi connectivity index (χ3n) is 4.64. The average molecular weight is 310 g/mol. The molecule has 3 nitrogen and oxygen atoms in total. The molecule has 1 aromatic heterocycles. The van der Waals surface area contributed by atoms with Crippen molar-refractivity contribution < 1.29 is 4.74 Å². The van der Waals surface area contributed by atoms with Crippen molar-refractivity contribution in [2.45, 2.75) is 58.2 Å². The van der Waals surface area contributed by atoms with Gasteiger partial charge in [0.2, 0.25) is 0 Å². The van der Waals surface area contributed by atoms with E-state index in [-0.39, 0.29) is 0 Å². The summed E-state index contributed by atoms with van der Waals surface area (Å²) in [6.07, 6.45) is 8.89. The predicted octanol–water partition coefficient (Wildman–Crippen LogP) is 5.03. The molecule has 0 aliphatic heterocycles. The molecule has 2 aromatic rings. The number of rotatable bonds is 6. The molecule has 1 aliphatic carbocycles. The van der Waals surface area contributed by atoms with Gasteiger partial charge in [-0.2, -0.15) is 0 Å². The molecule has 122 valence electrons. The molecule has 0 atom stereocenters. The summed E-state index contributed by atoms with van der Waals surface area (Å²) in [7, 11) is 0. The third kappa shape index (κ3) is 4.11. The van der Waals surface area contributed by atoms with Crippen LogP contribution in [0.5, 0.6) is 11.5 Å². The van der Waals surface area contributed by atoms with E-state index in [1.165, 1.54) is 31.2 Å². The van der Waals surface area contributed by atoms with E-state index in [9.17, 15) is 0 Å². The van der Waals surface area contributed by atoms with Gasteiger partial charge in [0.1, 0.15) is 11.5 Å². The maximum absolute atomic E-state index is 6.06. The number of aromatic nitrogens is 1. The first-order valence-corrected chi connectivity index (χ1v) is 8.65. The van der Waals surface area contributed by atoms with Gasteiger partial charge in [-0.3, -0.25) is 9.88 Å². The standard InChI is InChI=1S/C20H26N2O/c1-16(2)22(18-9-4-5-10-18)15-17-8-3-6-12-20(17)23-19-11-7-13-21-14-19/h3,6-8,11-14,16,18H,4-5,9-10,15H2,1-2H3. The lowest BCUT2D eigenvalue weighted by atomic mass is 10.1. The summed E-state index contributed by atoms with van der Waals surface area (Å²) >= 11 is 0. The van der Waals surface area contributed by atoms with Crippen LogP contribution in [0.1, 0.15) is 45.1 Å². The van der Waals surface area contributed by atoms with Crippen LogP contribution in [0.15, 0.2) is 48.8 Å². The van der Waals surface area contributed by atoms with E-state index in [0.29, 0.717) is 12.1 Å². The average Bonchev–Trinajstić information content (AvgIpc) is 3.09. The summed E-state index contributed by atoms with van der Waals surface area (Å²) in [4.78, 5) is 6.75. The highest BCUT2D eigenvalue weighted by Gasteiger charge is 2.25. The second-order valence-electron chi connectivity index (χ2n) is 6.60. The number of ether oxygens (including phenoxy) is 1. The second kappa shape index (κ2) is 7.60. The molecule has 0 unspecified atom stereocenters. The summed E-state index contributed by atoms with van der Waals surface area (Å²) in [6.45, 7) is 5.53. The van der Waals surface area contributed by atoms with E-state index in [2.05, 4.69) is 41.9 Å². The topological polar surface area (TPSA) is 25.4 Å². The van der Waals surface area contributed by atoms with Crippen LogP contribution >= 0.6 is 0 Å². The largest absolute Gasteiger partial charge is 0.455 e. The fourth-order valence-corrected chi connectivity index (χ4v) is 3.43. The monoisotopic (exact) mass is 310 g/mol. The third-order valence-corrected chi connectivity index (χ3v) is 4.64. The zero-order valence-electron chi connectivity index (χ0n) is 14.1. The van der Waals surface area contributed by atoms with Crippen LogP contribution in [0.4, 0.5) is 0 Å². The van der Waals surface area contributed by atoms with E-state index < -0.39 is 0 Å². The smallest absolute Gasteiger partial charge is 0.145 e. The zero-order chi connectivity index (χ0) is 16.1. The summed E-state index contributed by atoms with van der Waals surface area (Å²) in [5.74, 6) is 1.72. The first kappa shape index (κ1) is 16.0. The first-order valence-electron chi connectivity index (χ1n) is 8.65. The van der Waals surface area contributed by atoms with Gasteiger partial charge in [0.25, 0.3) is 0 Å². The lowest BCUT2D eigenvalue weighted by Gasteiger charge is -2.33. The minimum atomic E-state index is 0.546. The quantitative estimate of drug-likeness (QED) is 0.748. The molecule has 1 fully saturated rings. The summed E-state index contributed by atoms with van der Waals surface area (Å²) < 4.78 is 6.06. The summed E-state index contributed by atoms with van der Waals surface area (Å²) in [5, 5.41) is 0. The molecule has 1 heterocycles. The Kier molecular flexibility index (Phi) is 5.29. The molecule has 1 aliphatic rings. The number of nitrogens with zero attached hydrogens (tertiary/aromatic N) is 2. The molecule has 0 radical (unpaired) electrons. The van der Waals surface area contributed by atoms with E-state index >= 15 is 0 Å². The highest BCUT2D eigenvalue weighted by molar-refractivity contribution is 5.37. The minimum absolute atomic E-state index is 0.546. The number of benzene rings is 1. The molecule has 1 saturated carbocycles. The van der Waals surface area contributed by atoms with Crippen molar-refractivity contribution in [1.29, 1.82) is 0 Å². The Morgan fingerprint density at radius 1 is 1.13 bits per heavy atom. The number of hydrogen-bond acceptors (Lipinski definition) is 3. The highest BCUT2D eigenvalue weighted by Crippen LogP contribution is 2.30. The van der Waals surface area contributed by atoms with Gasteiger partial charge in [0, 0.05) is 30.4 Å². The van der Waals surface area contributed by atoms with E-state index in [1.54, 1.807) is 12.4 Å². The molecule has 3 rings (SSSR count). The van der Waals surface area contributed by atoms with Crippen molar-refractivity contribution in [2.75, 3.05) is 0 Å². The lowest BCUT2D eigenvalue weighted by Crippen LogP contribution is -2.38. The van der Waals surface area contributed by atoms with Crippen molar-refractivity contribution in [2.24, 2.45) is 0 Å². The fourth-order valence-electron chi connectivity index (χ4n) is 3.43. The van der Waals surface area contributed by atoms with Crippen molar-refractivity contribution in [3.63, 3.8) is 0 Å². The highest BCUT2D eigenvalue weighted by atomic mass is 16.5. The minimum Gasteiger partial charge on any atom is -0.455 e. The molecule has 0 N–H and O–H groups in total. The number of para-hydroxylation sites is 1. The SMILES string of the molecule is CC(C)N(Cc1ccccc1Oc1cccnc1)C1CCCC1. The van der Waals surface area contributed by atoms with Gasteiger partial charge in [0.05, 0.1) is 6.20 Å². The van der Waals surface area contributed by atoms with Gasteiger partial charge < -0.3 is 4.74 Å². The zero-order valence-corrected chi connectivity index (χ0v) is 14.1. The number of pyridine rings is 1. The molecule has 3 heteroatoms. The Hall–Kier alpha value is -1.87. The van der Waals surface area contributed by atoms with Gasteiger partial charge in [-0.15, -0.1) is 0 Å². The van der Waals surface area contributed by atoms with Gasteiger partial charge in [0.15, 0.2) is 0 Å². The molecular weight excluding hydrogens is 284 g/mol. The second-order valence-corrected chi connectivity index (χ2v) is 6.60. The first-order chi connectivity index (χ1) is 11.2. The predicted molar refractivity (Wildman–Crippen MR) is 93.7 cm³/mol. The van der Waals surface area contributed by atoms with Crippen LogP contribution in [-0.2, 0) is 6.54 Å². The van der Waals surface area contributed by atoms with E-state index in [1.807, 2.05) is 18.2 Å². The summed E-state index contributed by atoms with van der Waals surface area (Å²) in [6, 6.07) is 13.5. The van der Waals surface area contributed by atoms with Crippen molar-refractivity contribution in [3.05, 3.63) is 54.4 Å². The van der Waals surface area contributed by atoms with Crippen LogP contribution < -0.4 is 4.74 Å². The van der Waals surface area contributed by atoms with Crippen LogP contribution in [0.25, 0.3) is 0 Å². The Labute approximate surface area is 139 Å². The summed E-state index contributed by atoms with van der Waals surface area (Å²) in [5.41, 5.74) is 1.25. The normalized spacial score (nSPS) is 15.5. The van der Waals surface area contributed by atoms with E-state index in [0.717, 1.165) is 18.0 Å². The van der Waals surface area contributed by atoms with Crippen molar-refractivity contribution >= 4 is 0 Å². The maximum atomic E-state index is 6.06. The van der Waals surface area contributed by atoms with Gasteiger partial charge in [-0.1, -0.05) is 31.0 Å². The Morgan fingerprint density at radius 3 is 2.61 bits per heavy atom. The molecule has 0 saturated heterocycles. The molecule has 0 amide bonds. The maximum Gasteiger partial charge on any atom is 0.145 e. The molecule has 23 heavy (non-hydrogen) atoms. The molecule has 1 aromatic carbocycles. The van der Waals surface area contributed by atoms with Crippen LogP contribution in [0, 0.1) is 0 Å². The van der Waals surface area contributed by atoms with Crippen LogP contribution in [0.3, 0.4) is 0 Å². The van der Waals surface area contributed by atoms with Gasteiger partial charge in [-0.05, 0) is 44.9 Å². The van der Waals surface area contributed by atoms with Gasteiger partial charge in [-0.25, -0.2) is 0 Å². The van der Waals surface area contributed by atoms with Gasteiger partial charge >= 0.3 is 0 Å². The molecule has 0 bridgehead atoms. The van der Waals surface area contributed by atoms with Crippen LogP contribution in [0.2, 0.25) is 0 Å². The Bertz CT molecular complexity index is 606. The molecule has 0 spiro atoms. The van der Waals surface area contributed by atoms with E-state index in [4.69, 9.17) is 4.74 Å². The van der Waals surface area contributed by atoms with Crippen molar-refractivity contribution in [3.8, 4) is 11.5 Å². The Balaban J connectivity index is 1.78. The fraction of sp³-hybridized carbons (Fsp3) is 0.450. The molecular formula is C20H26N2O. The van der Waals surface area contributed by atoms with Crippen molar-refractivity contribution in [1.82, 2.24) is 9.88 Å². The van der Waals surface area contributed by atoms with Crippen LogP contribution in [-0.4, -0.2) is 22.0 Å². The lowest BCUT2D eigenvalue weighted by molar-refractivity contribution is 0.145. The number of hydrogen-bond donors (Lipinski definition) is 0. The Morgan fingerprint density at radius 2 is 1.91 bits per heavy atom.